The molecule has 0 radical (unpaired) electrons. The molecule has 2 unspecified atom stereocenters. The highest BCUT2D eigenvalue weighted by molar-refractivity contribution is 6.03. The van der Waals surface area contributed by atoms with Gasteiger partial charge in [0.1, 0.15) is 12.3 Å². The van der Waals surface area contributed by atoms with Crippen LogP contribution in [0.1, 0.15) is 93.2 Å². The molecule has 6 heterocycles. The maximum absolute atomic E-state index is 13.7. The van der Waals surface area contributed by atoms with E-state index in [9.17, 15) is 32.3 Å². The van der Waals surface area contributed by atoms with Gasteiger partial charge in [-0.15, -0.1) is 0 Å². The summed E-state index contributed by atoms with van der Waals surface area (Å²) in [6.07, 6.45) is 5.41. The summed E-state index contributed by atoms with van der Waals surface area (Å²) in [6.45, 7) is 5.32. The second-order valence-corrected chi connectivity index (χ2v) is 17.1. The molecule has 13 nitrogen and oxygen atoms in total. The van der Waals surface area contributed by atoms with Gasteiger partial charge >= 0.3 is 6.18 Å². The zero-order valence-electron chi connectivity index (χ0n) is 34.8. The van der Waals surface area contributed by atoms with Gasteiger partial charge in [-0.3, -0.25) is 24.2 Å². The van der Waals surface area contributed by atoms with Crippen molar-refractivity contribution in [1.82, 2.24) is 39.9 Å². The average Bonchev–Trinajstić information content (AvgIpc) is 3.87. The number of alkyl halides is 3. The number of nitrogens with one attached hydrogen (secondary N) is 2. The molecule has 8 rings (SSSR count). The van der Waals surface area contributed by atoms with E-state index in [4.69, 9.17) is 9.97 Å². The van der Waals surface area contributed by atoms with Crippen molar-refractivity contribution in [2.75, 3.05) is 64.8 Å². The maximum atomic E-state index is 13.7. The fraction of sp³-hybridized carbons (Fsp3) is 0.511. The smallest absolute Gasteiger partial charge is 0.357 e. The molecule has 0 bridgehead atoms. The van der Waals surface area contributed by atoms with Crippen LogP contribution >= 0.6 is 0 Å². The van der Waals surface area contributed by atoms with Gasteiger partial charge in [-0.1, -0.05) is 18.2 Å². The van der Waals surface area contributed by atoms with Crippen LogP contribution < -0.4 is 10.2 Å². The van der Waals surface area contributed by atoms with E-state index < -0.39 is 30.7 Å². The first-order valence-electron chi connectivity index (χ1n) is 21.4. The molecule has 4 aliphatic heterocycles. The Morgan fingerprint density at radius 2 is 1.69 bits per heavy atom. The molecule has 16 heteroatoms. The lowest BCUT2D eigenvalue weighted by atomic mass is 9.93. The molecule has 324 valence electrons. The van der Waals surface area contributed by atoms with Crippen molar-refractivity contribution in [3.05, 3.63) is 87.9 Å². The van der Waals surface area contributed by atoms with E-state index >= 15 is 0 Å². The number of halogens is 3. The third-order valence-corrected chi connectivity index (χ3v) is 13.3. The summed E-state index contributed by atoms with van der Waals surface area (Å²) >= 11 is 0. The molecule has 0 saturated carbocycles. The molecule has 2 amide bonds. The summed E-state index contributed by atoms with van der Waals surface area (Å²) in [5.74, 6) is 0.360. The van der Waals surface area contributed by atoms with Gasteiger partial charge in [-0.05, 0) is 92.4 Å². The standard InChI is InChI=1S/C45H54F3N9O4/c1-49-42(60)39(8-5-19-58)53(2)43(61)37-21-31-26-57(25-30(31)20-32(37)27-59)34-11-14-54(15-12-34)24-29-9-16-55(17-10-29)44-50-22-33(23-51-44)41-40-36(13-18-56(41)28-45(46,47)48)35-6-3-4-7-38(35)52-40/h3-4,6-7,19-23,27,29,34,39,41,52H,5,8-18,24-26,28H2,1-2H3,(H,49,60). The van der Waals surface area contributed by atoms with Crippen molar-refractivity contribution in [3.63, 3.8) is 0 Å². The number of aromatic amines is 1. The Hall–Kier alpha value is -5.19. The number of para-hydroxylation sites is 1. The van der Waals surface area contributed by atoms with E-state index in [1.54, 1.807) is 12.4 Å². The first-order valence-corrected chi connectivity index (χ1v) is 21.4. The number of carbonyl (C=O) groups is 4. The predicted octanol–water partition coefficient (Wildman–Crippen LogP) is 5.14. The molecular formula is C45H54F3N9O4. The number of aromatic nitrogens is 3. The highest BCUT2D eigenvalue weighted by Gasteiger charge is 2.40. The molecule has 4 aliphatic rings. The number of benzene rings is 2. The number of aldehydes is 2. The SMILES string of the molecule is CNC(=O)C(CCC=O)N(C)C(=O)c1cc2c(cc1C=O)CN(C1CCN(CC3CCN(c4ncc(C5c6[nH]c7ccccc7c6CCN5CC(F)(F)F)cn4)CC3)CC1)C2. The highest BCUT2D eigenvalue weighted by Crippen LogP contribution is 2.40. The Bertz CT molecular complexity index is 2230. The summed E-state index contributed by atoms with van der Waals surface area (Å²) in [7, 11) is 3.02. The molecule has 2 aromatic heterocycles. The van der Waals surface area contributed by atoms with Crippen LogP contribution in [0.2, 0.25) is 0 Å². The Morgan fingerprint density at radius 3 is 2.36 bits per heavy atom. The van der Waals surface area contributed by atoms with Gasteiger partial charge in [0.2, 0.25) is 11.9 Å². The van der Waals surface area contributed by atoms with E-state index in [2.05, 4.69) is 25.0 Å². The zero-order chi connectivity index (χ0) is 42.8. The van der Waals surface area contributed by atoms with Crippen molar-refractivity contribution in [1.29, 1.82) is 0 Å². The van der Waals surface area contributed by atoms with E-state index in [1.807, 2.05) is 36.4 Å². The van der Waals surface area contributed by atoms with E-state index in [0.29, 0.717) is 61.4 Å². The van der Waals surface area contributed by atoms with Crippen molar-refractivity contribution in [2.24, 2.45) is 5.92 Å². The average molecular weight is 842 g/mol. The quantitative estimate of drug-likeness (QED) is 0.174. The van der Waals surface area contributed by atoms with Crippen LogP contribution in [0.3, 0.4) is 0 Å². The lowest BCUT2D eigenvalue weighted by molar-refractivity contribution is -0.150. The first-order chi connectivity index (χ1) is 29.4. The van der Waals surface area contributed by atoms with Crippen LogP contribution in [-0.4, -0.2) is 137 Å². The molecule has 2 N–H and O–H groups in total. The molecule has 2 fully saturated rings. The van der Waals surface area contributed by atoms with Gasteiger partial charge in [0.05, 0.1) is 18.2 Å². The number of hydrogen-bond donors (Lipinski definition) is 2. The van der Waals surface area contributed by atoms with Crippen LogP contribution in [0.25, 0.3) is 10.9 Å². The van der Waals surface area contributed by atoms with Crippen molar-refractivity contribution in [2.45, 2.75) is 82.3 Å². The normalized spacial score (nSPS) is 20.0. The molecule has 2 aromatic carbocycles. The van der Waals surface area contributed by atoms with Crippen molar-refractivity contribution in [3.8, 4) is 0 Å². The lowest BCUT2D eigenvalue weighted by Gasteiger charge is -2.40. The molecule has 61 heavy (non-hydrogen) atoms. The number of anilines is 1. The molecular weight excluding hydrogens is 788 g/mol. The number of piperidine rings is 2. The summed E-state index contributed by atoms with van der Waals surface area (Å²) in [6, 6.07) is 10.4. The van der Waals surface area contributed by atoms with Crippen LogP contribution in [-0.2, 0) is 29.1 Å². The van der Waals surface area contributed by atoms with Gasteiger partial charge in [-0.2, -0.15) is 13.2 Å². The van der Waals surface area contributed by atoms with Crippen LogP contribution in [0, 0.1) is 5.92 Å². The number of H-pyrrole nitrogens is 1. The monoisotopic (exact) mass is 841 g/mol. The largest absolute Gasteiger partial charge is 0.401 e. The number of rotatable bonds is 13. The summed E-state index contributed by atoms with van der Waals surface area (Å²) in [5.41, 5.74) is 6.02. The topological polar surface area (TPSA) is 138 Å². The van der Waals surface area contributed by atoms with E-state index in [0.717, 1.165) is 98.0 Å². The first kappa shape index (κ1) is 42.5. The van der Waals surface area contributed by atoms with Crippen molar-refractivity contribution >= 4 is 41.2 Å². The van der Waals surface area contributed by atoms with Gasteiger partial charge < -0.3 is 29.8 Å². The Morgan fingerprint density at radius 1 is 0.984 bits per heavy atom. The number of amides is 2. The Balaban J connectivity index is 0.834. The minimum absolute atomic E-state index is 0.135. The predicted molar refractivity (Wildman–Crippen MR) is 224 cm³/mol. The minimum atomic E-state index is -4.33. The van der Waals surface area contributed by atoms with Crippen LogP contribution in [0.5, 0.6) is 0 Å². The lowest BCUT2D eigenvalue weighted by Crippen LogP contribution is -2.47. The number of fused-ring (bicyclic) bond motifs is 4. The summed E-state index contributed by atoms with van der Waals surface area (Å²) in [4.78, 5) is 72.2. The maximum Gasteiger partial charge on any atom is 0.401 e. The van der Waals surface area contributed by atoms with Gasteiger partial charge in [0, 0.05) is 106 Å². The fourth-order valence-electron chi connectivity index (χ4n) is 10.1. The zero-order valence-corrected chi connectivity index (χ0v) is 34.8. The van der Waals surface area contributed by atoms with Gasteiger partial charge in [-0.25, -0.2) is 9.97 Å². The Labute approximate surface area is 353 Å². The second-order valence-electron chi connectivity index (χ2n) is 17.1. The summed E-state index contributed by atoms with van der Waals surface area (Å²) in [5, 5.41) is 3.61. The Kier molecular flexibility index (Phi) is 12.6. The molecule has 2 atom stereocenters. The number of nitrogens with zero attached hydrogens (tertiary/aromatic N) is 7. The highest BCUT2D eigenvalue weighted by atomic mass is 19.4. The number of hydrogen-bond acceptors (Lipinski definition) is 10. The van der Waals surface area contributed by atoms with Crippen LogP contribution in [0.15, 0.2) is 48.8 Å². The molecule has 2 saturated heterocycles. The van der Waals surface area contributed by atoms with Gasteiger partial charge in [0.25, 0.3) is 5.91 Å². The molecule has 4 aromatic rings. The minimum Gasteiger partial charge on any atom is -0.357 e. The molecule has 0 aliphatic carbocycles. The third-order valence-electron chi connectivity index (χ3n) is 13.3. The number of likely N-dealkylation sites (tertiary alicyclic amines) is 1. The van der Waals surface area contributed by atoms with E-state index in [-0.39, 0.29) is 24.3 Å². The van der Waals surface area contributed by atoms with E-state index in [1.165, 1.54) is 23.9 Å². The molecule has 0 spiro atoms. The van der Waals surface area contributed by atoms with Crippen LogP contribution in [0.4, 0.5) is 19.1 Å². The fourth-order valence-corrected chi connectivity index (χ4v) is 10.1. The van der Waals surface area contributed by atoms with Crippen molar-refractivity contribution < 1.29 is 32.3 Å². The third kappa shape index (κ3) is 9.07. The number of carbonyl (C=O) groups excluding carboxylic acids is 4. The number of likely N-dealkylation sites (N-methyl/N-ethyl adjacent to an activating group) is 2. The van der Waals surface area contributed by atoms with Gasteiger partial charge in [0.15, 0.2) is 6.29 Å². The second kappa shape index (κ2) is 18.0. The summed E-state index contributed by atoms with van der Waals surface area (Å²) < 4.78 is 41.2.